The minimum Gasteiger partial charge on any atom is -0.506 e. The SMILES string of the molecule is Cn1c(=O)n(C2CCC(=O)NC2=O)c2c(C3CCN(CC(=O)NCCN4CCC[C@H]4COc4nc(N[C@@H](c5cccnc5N)C(F)F)c5c(O)c(C(F)(F)F)c(-c6ccc(F)c7sc(N)c(C#N)c67)c(F)c5n4)CC3)cccc21. The minimum atomic E-state index is -5.58. The van der Waals surface area contributed by atoms with Gasteiger partial charge in [0.2, 0.25) is 17.7 Å². The number of piperidine rings is 2. The molecule has 1 unspecified atom stereocenters. The number of amides is 3. The number of aromatic hydroxyl groups is 1. The van der Waals surface area contributed by atoms with E-state index in [0.29, 0.717) is 74.2 Å². The van der Waals surface area contributed by atoms with Gasteiger partial charge in [0, 0.05) is 55.3 Å². The molecule has 0 saturated carbocycles. The number of rotatable bonds is 15. The van der Waals surface area contributed by atoms with Crippen molar-refractivity contribution in [1.82, 2.24) is 44.5 Å². The molecule has 3 aromatic carbocycles. The number of fused-ring (bicyclic) bond motifs is 3. The highest BCUT2D eigenvalue weighted by molar-refractivity contribution is 7.23. The number of halogens is 7. The molecule has 79 heavy (non-hydrogen) atoms. The van der Waals surface area contributed by atoms with Gasteiger partial charge in [-0.25, -0.2) is 27.3 Å². The molecule has 7 heterocycles. The molecule has 0 radical (unpaired) electrons. The second kappa shape index (κ2) is 21.6. The van der Waals surface area contributed by atoms with Crippen LogP contribution in [0.15, 0.2) is 53.5 Å². The number of alkyl halides is 5. The molecule has 0 bridgehead atoms. The van der Waals surface area contributed by atoms with Gasteiger partial charge < -0.3 is 31.9 Å². The molecule has 3 fully saturated rings. The van der Waals surface area contributed by atoms with Crippen molar-refractivity contribution in [3.63, 3.8) is 0 Å². The van der Waals surface area contributed by atoms with Crippen LogP contribution < -0.4 is 37.8 Å². The largest absolute Gasteiger partial charge is 0.506 e. The predicted molar refractivity (Wildman–Crippen MR) is 277 cm³/mol. The number of aromatic nitrogens is 5. The molecule has 3 atom stereocenters. The van der Waals surface area contributed by atoms with Crippen molar-refractivity contribution in [3.05, 3.63) is 93.0 Å². The number of nitrogen functional groups attached to an aromatic ring is 2. The third kappa shape index (κ3) is 10.2. The maximum atomic E-state index is 17.4. The minimum absolute atomic E-state index is 0.0195. The zero-order chi connectivity index (χ0) is 56.2. The van der Waals surface area contributed by atoms with Crippen LogP contribution in [0.2, 0.25) is 0 Å². The first-order valence-electron chi connectivity index (χ1n) is 25.1. The first kappa shape index (κ1) is 54.3. The number of hydrogen-bond acceptors (Lipinski definition) is 16. The fourth-order valence-corrected chi connectivity index (χ4v) is 12.1. The van der Waals surface area contributed by atoms with E-state index in [9.17, 15) is 38.3 Å². The number of carbonyl (C=O) groups excluding carboxylic acids is 3. The van der Waals surface area contributed by atoms with Crippen LogP contribution in [0.3, 0.4) is 0 Å². The lowest BCUT2D eigenvalue weighted by Gasteiger charge is -2.32. The predicted octanol–water partition coefficient (Wildman–Crippen LogP) is 6.83. The van der Waals surface area contributed by atoms with Gasteiger partial charge in [-0.05, 0) is 87.0 Å². The van der Waals surface area contributed by atoms with Gasteiger partial charge in [0.25, 0.3) is 6.43 Å². The summed E-state index contributed by atoms with van der Waals surface area (Å²) in [6, 6.07) is 7.31. The Bertz CT molecular complexity index is 3690. The van der Waals surface area contributed by atoms with E-state index < -0.39 is 98.3 Å². The molecule has 0 aliphatic carbocycles. The number of ether oxygens (including phenoxy) is 1. The van der Waals surface area contributed by atoms with E-state index >= 15 is 22.0 Å². The van der Waals surface area contributed by atoms with Crippen molar-refractivity contribution < 1.29 is 55.0 Å². The van der Waals surface area contributed by atoms with Crippen molar-refractivity contribution in [2.45, 2.75) is 75.2 Å². The molecule has 3 aliphatic heterocycles. The van der Waals surface area contributed by atoms with Crippen LogP contribution >= 0.6 is 11.3 Å². The van der Waals surface area contributed by atoms with Gasteiger partial charge in [-0.3, -0.25) is 38.6 Å². The summed E-state index contributed by atoms with van der Waals surface area (Å²) in [4.78, 5) is 67.8. The monoisotopic (exact) mass is 1120 g/mol. The van der Waals surface area contributed by atoms with Gasteiger partial charge in [-0.1, -0.05) is 24.3 Å². The summed E-state index contributed by atoms with van der Waals surface area (Å²) in [5.74, 6) is -6.81. The topological polar surface area (TPSA) is 265 Å². The molecule has 414 valence electrons. The molecule has 7 aromatic rings. The smallest absolute Gasteiger partial charge is 0.420 e. The maximum absolute atomic E-state index is 17.4. The van der Waals surface area contributed by atoms with Crippen LogP contribution in [0.25, 0.3) is 43.1 Å². The van der Waals surface area contributed by atoms with Crippen LogP contribution in [-0.4, -0.2) is 115 Å². The molecule has 0 spiro atoms. The summed E-state index contributed by atoms with van der Waals surface area (Å²) in [6.45, 7) is 2.17. The Kier molecular flexibility index (Phi) is 14.9. The second-order valence-electron chi connectivity index (χ2n) is 19.6. The standard InChI is InChI=1S/C52H50F7N13O6S/c1-69-31-8-2-6-26(42(31)72(51(69)77)32-11-12-33(73)65-49(32)76)24-13-18-70(19-14-24)22-34(74)63-16-20-71-17-4-5-25(71)23-78-50-67-41-37(48(68-50)66-40(45(55)56)28-7-3-15-64-46(28)61)43(75)38(52(57,58)59)36(39(41)54)27-9-10-30(53)44-35(27)29(21-60)47(62)79-44/h2-3,6-10,15,24-25,32,40,45,75H,4-5,11-14,16-20,22-23,62H2,1H3,(H2,61,64)(H,63,74)(H,65,73,76)(H,66,67,68)/t25-,32?,40-/m0/s1. The number of para-hydroxylation sites is 1. The van der Waals surface area contributed by atoms with E-state index in [-0.39, 0.29) is 83.1 Å². The molecule has 3 amide bonds. The van der Waals surface area contributed by atoms with E-state index in [0.717, 1.165) is 17.7 Å². The fourth-order valence-electron chi connectivity index (χ4n) is 11.2. The van der Waals surface area contributed by atoms with Crippen LogP contribution in [0.4, 0.5) is 47.4 Å². The van der Waals surface area contributed by atoms with Crippen LogP contribution in [0, 0.1) is 23.0 Å². The third-order valence-corrected chi connectivity index (χ3v) is 16.0. The Morgan fingerprint density at radius 3 is 2.51 bits per heavy atom. The lowest BCUT2D eigenvalue weighted by molar-refractivity contribution is -0.138. The second-order valence-corrected chi connectivity index (χ2v) is 20.7. The number of thiophene rings is 1. The van der Waals surface area contributed by atoms with E-state index in [2.05, 4.69) is 30.9 Å². The number of phenolic OH excluding ortho intramolecular Hbond substituents is 1. The van der Waals surface area contributed by atoms with Crippen molar-refractivity contribution in [2.24, 2.45) is 7.05 Å². The number of anilines is 3. The number of nitrogens with one attached hydrogen (secondary N) is 3. The average Bonchev–Trinajstić information content (AvgIpc) is 4.19. The lowest BCUT2D eigenvalue weighted by Crippen LogP contribution is -2.45. The number of nitrogens with two attached hydrogens (primary N) is 2. The maximum Gasteiger partial charge on any atom is 0.420 e. The summed E-state index contributed by atoms with van der Waals surface area (Å²) >= 11 is 0.538. The van der Waals surface area contributed by atoms with E-state index in [1.807, 2.05) is 28.0 Å². The van der Waals surface area contributed by atoms with Gasteiger partial charge in [0.1, 0.15) is 64.0 Å². The quantitative estimate of drug-likeness (QED) is 0.0454. The van der Waals surface area contributed by atoms with Crippen molar-refractivity contribution in [3.8, 4) is 29.0 Å². The van der Waals surface area contributed by atoms with Crippen LogP contribution in [-0.2, 0) is 27.6 Å². The number of aryl methyl sites for hydroxylation is 1. The summed E-state index contributed by atoms with van der Waals surface area (Å²) in [7, 11) is 1.64. The molecule has 8 N–H and O–H groups in total. The van der Waals surface area contributed by atoms with Gasteiger partial charge in [0.15, 0.2) is 5.82 Å². The number of benzene rings is 3. The Hall–Kier alpha value is -8.09. The number of nitriles is 1. The number of pyridine rings is 1. The van der Waals surface area contributed by atoms with E-state index in [1.54, 1.807) is 13.1 Å². The Balaban J connectivity index is 0.858. The van der Waals surface area contributed by atoms with Crippen LogP contribution in [0.5, 0.6) is 11.8 Å². The fraction of sp³-hybridized carbons (Fsp3) is 0.385. The third-order valence-electron chi connectivity index (χ3n) is 15.0. The first-order valence-corrected chi connectivity index (χ1v) is 26.0. The number of hydrogen-bond donors (Lipinski definition) is 6. The molecule has 3 saturated heterocycles. The van der Waals surface area contributed by atoms with Crippen molar-refractivity contribution in [2.75, 3.05) is 62.7 Å². The number of imide groups is 1. The highest BCUT2D eigenvalue weighted by Gasteiger charge is 2.43. The van der Waals surface area contributed by atoms with Gasteiger partial charge in [-0.2, -0.15) is 28.4 Å². The Labute approximate surface area is 447 Å². The summed E-state index contributed by atoms with van der Waals surface area (Å²) < 4.78 is 117. The Morgan fingerprint density at radius 2 is 1.80 bits per heavy atom. The van der Waals surface area contributed by atoms with Gasteiger partial charge >= 0.3 is 17.9 Å². The molecular formula is C52H50F7N13O6S. The van der Waals surface area contributed by atoms with Crippen molar-refractivity contribution in [1.29, 1.82) is 5.26 Å². The van der Waals surface area contributed by atoms with Crippen molar-refractivity contribution >= 4 is 77.7 Å². The number of carbonyl (C=O) groups is 3. The molecule has 27 heteroatoms. The molecule has 10 rings (SSSR count). The highest BCUT2D eigenvalue weighted by atomic mass is 32.1. The molecular weight excluding hydrogens is 1070 g/mol. The summed E-state index contributed by atoms with van der Waals surface area (Å²) in [5.41, 5.74) is 7.97. The van der Waals surface area contributed by atoms with Gasteiger partial charge in [0.05, 0.1) is 33.2 Å². The van der Waals surface area contributed by atoms with E-state index in [4.69, 9.17) is 16.2 Å². The summed E-state index contributed by atoms with van der Waals surface area (Å²) in [6.07, 6.45) is -4.82. The number of nitrogens with zero attached hydrogens (tertiary/aromatic N) is 8. The molecule has 19 nitrogen and oxygen atoms in total. The van der Waals surface area contributed by atoms with Crippen LogP contribution in [0.1, 0.15) is 78.8 Å². The lowest BCUT2D eigenvalue weighted by atomic mass is 9.88. The molecule has 4 aromatic heterocycles. The number of imidazole rings is 1. The number of likely N-dealkylation sites (tertiary alicyclic amines) is 2. The van der Waals surface area contributed by atoms with Gasteiger partial charge in [-0.15, -0.1) is 11.3 Å². The first-order chi connectivity index (χ1) is 37.7. The normalized spacial score (nSPS) is 18.2. The average molecular weight is 1120 g/mol. The Morgan fingerprint density at radius 1 is 1.03 bits per heavy atom. The number of phenols is 1. The zero-order valence-electron chi connectivity index (χ0n) is 42.0. The van der Waals surface area contributed by atoms with E-state index in [1.165, 1.54) is 27.5 Å². The molecule has 3 aliphatic rings. The highest BCUT2D eigenvalue weighted by Crippen LogP contribution is 2.52. The zero-order valence-corrected chi connectivity index (χ0v) is 42.8. The summed E-state index contributed by atoms with van der Waals surface area (Å²) in [5, 5.41) is 27.4.